The molecule has 0 radical (unpaired) electrons. The highest BCUT2D eigenvalue weighted by molar-refractivity contribution is 5.20. The molecule has 0 N–H and O–H groups in total. The Morgan fingerprint density at radius 2 is 1.57 bits per heavy atom. The van der Waals surface area contributed by atoms with Crippen molar-refractivity contribution in [3.63, 3.8) is 0 Å². The molecule has 1 heterocycles. The third-order valence-corrected chi connectivity index (χ3v) is 7.75. The highest BCUT2D eigenvalue weighted by atomic mass is 16.7. The second-order valence-corrected chi connectivity index (χ2v) is 9.55. The second kappa shape index (κ2) is 5.19. The summed E-state index contributed by atoms with van der Waals surface area (Å²) in [7, 11) is 0. The number of ether oxygens (including phenoxy) is 3. The van der Waals surface area contributed by atoms with Gasteiger partial charge < -0.3 is 14.2 Å². The molecule has 0 aromatic heterocycles. The van der Waals surface area contributed by atoms with Gasteiger partial charge in [-0.1, -0.05) is 20.8 Å². The van der Waals surface area contributed by atoms with Gasteiger partial charge in [-0.05, 0) is 74.5 Å². The van der Waals surface area contributed by atoms with Crippen molar-refractivity contribution >= 4 is 0 Å². The van der Waals surface area contributed by atoms with E-state index in [-0.39, 0.29) is 18.0 Å². The number of rotatable bonds is 4. The summed E-state index contributed by atoms with van der Waals surface area (Å²) in [5.41, 5.74) is 0.876. The molecule has 132 valence electrons. The molecular weight excluding hydrogens is 288 g/mol. The highest BCUT2D eigenvalue weighted by Gasteiger charge is 2.73. The van der Waals surface area contributed by atoms with E-state index < -0.39 is 0 Å². The van der Waals surface area contributed by atoms with E-state index in [0.717, 1.165) is 12.5 Å². The van der Waals surface area contributed by atoms with Crippen molar-refractivity contribution in [1.82, 2.24) is 0 Å². The predicted octanol–water partition coefficient (Wildman–Crippen LogP) is 4.40. The Bertz CT molecular complexity index is 450. The summed E-state index contributed by atoms with van der Waals surface area (Å²) < 4.78 is 18.5. The third kappa shape index (κ3) is 2.05. The van der Waals surface area contributed by atoms with Crippen LogP contribution < -0.4 is 0 Å². The van der Waals surface area contributed by atoms with Gasteiger partial charge in [-0.15, -0.1) is 0 Å². The molecule has 5 rings (SSSR count). The Hall–Kier alpha value is -0.120. The summed E-state index contributed by atoms with van der Waals surface area (Å²) in [5.74, 6) is 2.25. The lowest BCUT2D eigenvalue weighted by Crippen LogP contribution is -2.78. The van der Waals surface area contributed by atoms with Crippen molar-refractivity contribution in [3.8, 4) is 0 Å². The Balaban J connectivity index is 1.64. The molecule has 4 saturated carbocycles. The summed E-state index contributed by atoms with van der Waals surface area (Å²) in [6, 6.07) is 0. The van der Waals surface area contributed by atoms with E-state index >= 15 is 0 Å². The molecule has 0 aromatic rings. The lowest BCUT2D eigenvalue weighted by atomic mass is 9.38. The first kappa shape index (κ1) is 16.4. The predicted molar refractivity (Wildman–Crippen MR) is 90.1 cm³/mol. The molecule has 0 amide bonds. The summed E-state index contributed by atoms with van der Waals surface area (Å²) in [4.78, 5) is 0. The SMILES string of the molecule is CCO[C@H]1OC2([C@@H]3CC4C[C@H]2CC(C(C)(C)C)(C4)C3)[C@@H]1OCC. The fourth-order valence-electron chi connectivity index (χ4n) is 6.72. The molecule has 3 unspecified atom stereocenters. The summed E-state index contributed by atoms with van der Waals surface area (Å²) in [6.45, 7) is 13.0. The largest absolute Gasteiger partial charge is 0.370 e. The first-order valence-corrected chi connectivity index (χ1v) is 9.77. The van der Waals surface area contributed by atoms with E-state index in [1.54, 1.807) is 0 Å². The third-order valence-electron chi connectivity index (χ3n) is 7.75. The lowest BCUT2D eigenvalue weighted by molar-refractivity contribution is -0.435. The van der Waals surface area contributed by atoms with Gasteiger partial charge in [0.15, 0.2) is 6.29 Å². The summed E-state index contributed by atoms with van der Waals surface area (Å²) in [5, 5.41) is 0. The van der Waals surface area contributed by atoms with E-state index in [1.807, 2.05) is 6.92 Å². The molecule has 7 atom stereocenters. The molecule has 1 saturated heterocycles. The maximum absolute atomic E-state index is 6.52. The van der Waals surface area contributed by atoms with Gasteiger partial charge in [0.05, 0.1) is 0 Å². The van der Waals surface area contributed by atoms with Gasteiger partial charge in [0.1, 0.15) is 11.7 Å². The topological polar surface area (TPSA) is 27.7 Å². The molecular formula is C20H34O3. The normalized spacial score (nSPS) is 51.3. The van der Waals surface area contributed by atoms with Crippen LogP contribution in [0.15, 0.2) is 0 Å². The van der Waals surface area contributed by atoms with E-state index in [4.69, 9.17) is 14.2 Å². The Kier molecular flexibility index (Phi) is 3.69. The number of hydrogen-bond donors (Lipinski definition) is 0. The molecule has 0 aromatic carbocycles. The Morgan fingerprint density at radius 3 is 2.09 bits per heavy atom. The first-order valence-electron chi connectivity index (χ1n) is 9.77. The van der Waals surface area contributed by atoms with Gasteiger partial charge in [0, 0.05) is 13.2 Å². The maximum Gasteiger partial charge on any atom is 0.187 e. The standard InChI is InChI=1S/C20H34O3/c1-6-21-16-17(22-7-2)23-20(16)14-8-13-9-15(20)12-19(10-13,11-14)18(3,4)5/h13-17H,6-12H2,1-5H3/t13?,14-,15+,16-,17+,19?,20?/m1/s1. The van der Waals surface area contributed by atoms with Gasteiger partial charge in [-0.3, -0.25) is 0 Å². The van der Waals surface area contributed by atoms with Crippen LogP contribution in [0.3, 0.4) is 0 Å². The van der Waals surface area contributed by atoms with E-state index in [9.17, 15) is 0 Å². The molecule has 5 fully saturated rings. The summed E-state index contributed by atoms with van der Waals surface area (Å²) >= 11 is 0. The minimum Gasteiger partial charge on any atom is -0.370 e. The average molecular weight is 322 g/mol. The van der Waals surface area contributed by atoms with Gasteiger partial charge in [0.2, 0.25) is 0 Å². The molecule has 3 heteroatoms. The van der Waals surface area contributed by atoms with Crippen LogP contribution in [-0.4, -0.2) is 31.2 Å². The lowest BCUT2D eigenvalue weighted by Gasteiger charge is -2.73. The smallest absolute Gasteiger partial charge is 0.187 e. The minimum atomic E-state index is -0.136. The van der Waals surface area contributed by atoms with Crippen molar-refractivity contribution < 1.29 is 14.2 Å². The number of hydrogen-bond acceptors (Lipinski definition) is 3. The minimum absolute atomic E-state index is 0.0402. The van der Waals surface area contributed by atoms with Crippen molar-refractivity contribution in [2.45, 2.75) is 84.7 Å². The average Bonchev–Trinajstić information content (AvgIpc) is 2.45. The van der Waals surface area contributed by atoms with Crippen LogP contribution in [0, 0.1) is 28.6 Å². The van der Waals surface area contributed by atoms with Gasteiger partial charge in [-0.25, -0.2) is 0 Å². The molecule has 1 aliphatic heterocycles. The van der Waals surface area contributed by atoms with Crippen LogP contribution in [0.2, 0.25) is 0 Å². The molecule has 1 spiro atoms. The molecule has 4 aliphatic carbocycles. The maximum atomic E-state index is 6.52. The monoisotopic (exact) mass is 322 g/mol. The van der Waals surface area contributed by atoms with Crippen LogP contribution in [0.4, 0.5) is 0 Å². The van der Waals surface area contributed by atoms with Gasteiger partial charge in [-0.2, -0.15) is 0 Å². The molecule has 5 aliphatic rings. The van der Waals surface area contributed by atoms with Crippen LogP contribution in [0.25, 0.3) is 0 Å². The zero-order valence-electron chi connectivity index (χ0n) is 15.6. The first-order chi connectivity index (χ1) is 10.9. The zero-order chi connectivity index (χ0) is 16.5. The summed E-state index contributed by atoms with van der Waals surface area (Å²) in [6.07, 6.45) is 6.79. The van der Waals surface area contributed by atoms with E-state index in [2.05, 4.69) is 27.7 Å². The molecule has 23 heavy (non-hydrogen) atoms. The second-order valence-electron chi connectivity index (χ2n) is 9.55. The fourth-order valence-corrected chi connectivity index (χ4v) is 6.72. The molecule has 3 nitrogen and oxygen atoms in total. The van der Waals surface area contributed by atoms with Crippen molar-refractivity contribution in [2.24, 2.45) is 28.6 Å². The van der Waals surface area contributed by atoms with Crippen molar-refractivity contribution in [1.29, 1.82) is 0 Å². The van der Waals surface area contributed by atoms with Crippen LogP contribution in [0.5, 0.6) is 0 Å². The Morgan fingerprint density at radius 1 is 0.957 bits per heavy atom. The van der Waals surface area contributed by atoms with Crippen LogP contribution in [-0.2, 0) is 14.2 Å². The van der Waals surface area contributed by atoms with Crippen molar-refractivity contribution in [2.75, 3.05) is 13.2 Å². The molecule has 4 bridgehead atoms. The van der Waals surface area contributed by atoms with Crippen LogP contribution >= 0.6 is 0 Å². The fraction of sp³-hybridized carbons (Fsp3) is 1.00. The van der Waals surface area contributed by atoms with Gasteiger partial charge in [0.25, 0.3) is 0 Å². The highest BCUT2D eigenvalue weighted by Crippen LogP contribution is 2.72. The van der Waals surface area contributed by atoms with E-state index in [1.165, 1.54) is 32.1 Å². The van der Waals surface area contributed by atoms with E-state index in [0.29, 0.717) is 29.3 Å². The zero-order valence-corrected chi connectivity index (χ0v) is 15.6. The van der Waals surface area contributed by atoms with Gasteiger partial charge >= 0.3 is 0 Å². The van der Waals surface area contributed by atoms with Crippen molar-refractivity contribution in [3.05, 3.63) is 0 Å². The Labute approximate surface area is 141 Å². The quantitative estimate of drug-likeness (QED) is 0.768. The van der Waals surface area contributed by atoms with Crippen LogP contribution in [0.1, 0.15) is 66.7 Å².